The Labute approximate surface area is 227 Å². The highest BCUT2D eigenvalue weighted by Crippen LogP contribution is 2.44. The maximum atomic E-state index is 13.6. The van der Waals surface area contributed by atoms with E-state index in [1.54, 1.807) is 33.9 Å². The molecule has 7 heteroatoms. The average molecular weight is 522 g/mol. The normalized spacial score (nSPS) is 12.2. The van der Waals surface area contributed by atoms with E-state index < -0.39 is 0 Å². The third-order valence-corrected chi connectivity index (χ3v) is 6.85. The third kappa shape index (κ3) is 7.30. The molecular weight excluding hydrogens is 478 g/mol. The van der Waals surface area contributed by atoms with Gasteiger partial charge in [0.1, 0.15) is 0 Å². The molecule has 7 nitrogen and oxygen atoms in total. The molecule has 0 bridgehead atoms. The minimum absolute atomic E-state index is 0.0198. The molecule has 1 N–H and O–H groups in total. The van der Waals surface area contributed by atoms with Gasteiger partial charge in [-0.3, -0.25) is 4.79 Å². The topological polar surface area (TPSA) is 74.6 Å². The Morgan fingerprint density at radius 1 is 1.03 bits per heavy atom. The van der Waals surface area contributed by atoms with Crippen LogP contribution in [0.15, 0.2) is 49.1 Å². The lowest BCUT2D eigenvalue weighted by Crippen LogP contribution is -2.21. The van der Waals surface area contributed by atoms with Gasteiger partial charge in [-0.05, 0) is 41.0 Å². The van der Waals surface area contributed by atoms with Crippen LogP contribution in [-0.2, 0) is 16.8 Å². The lowest BCUT2D eigenvalue weighted by molar-refractivity contribution is -0.116. The molecule has 1 unspecified atom stereocenters. The van der Waals surface area contributed by atoms with Gasteiger partial charge in [0.2, 0.25) is 11.7 Å². The van der Waals surface area contributed by atoms with Crippen LogP contribution in [0.4, 0.5) is 5.69 Å². The van der Waals surface area contributed by atoms with Crippen LogP contribution < -0.4 is 19.5 Å². The number of ether oxygens (including phenoxy) is 3. The highest BCUT2D eigenvalue weighted by molar-refractivity contribution is 5.92. The summed E-state index contributed by atoms with van der Waals surface area (Å²) in [4.78, 5) is 17.7. The average Bonchev–Trinajstić information content (AvgIpc) is 3.39. The standard InChI is InChI=1S/C31H43N3O4/c1-8-9-10-11-23(24-13-15-27(36-5)30(38-7)29(24)37-6)19-28(35)33-26-18-22(20-34-17-16-32-21-34)12-14-25(26)31(2,3)4/h12-18,21,23H,8-11,19-20H2,1-7H3,(H,33,35). The van der Waals surface area contributed by atoms with Crippen molar-refractivity contribution in [1.29, 1.82) is 0 Å². The van der Waals surface area contributed by atoms with Gasteiger partial charge in [0.15, 0.2) is 11.5 Å². The number of carbonyl (C=O) groups excluding carboxylic acids is 1. The minimum Gasteiger partial charge on any atom is -0.493 e. The molecule has 38 heavy (non-hydrogen) atoms. The van der Waals surface area contributed by atoms with Gasteiger partial charge < -0.3 is 24.1 Å². The van der Waals surface area contributed by atoms with E-state index in [2.05, 4.69) is 56.2 Å². The summed E-state index contributed by atoms with van der Waals surface area (Å²) in [6, 6.07) is 10.2. The lowest BCUT2D eigenvalue weighted by atomic mass is 9.84. The second-order valence-electron chi connectivity index (χ2n) is 10.7. The van der Waals surface area contributed by atoms with Crippen LogP contribution in [0.25, 0.3) is 0 Å². The number of benzene rings is 2. The van der Waals surface area contributed by atoms with Crippen LogP contribution in [0.3, 0.4) is 0 Å². The Bertz CT molecular complexity index is 1180. The number of imidazole rings is 1. The molecule has 1 heterocycles. The third-order valence-electron chi connectivity index (χ3n) is 6.85. The second kappa shape index (κ2) is 13.4. The van der Waals surface area contributed by atoms with Crippen molar-refractivity contribution in [1.82, 2.24) is 9.55 Å². The molecule has 3 rings (SSSR count). The predicted molar refractivity (Wildman–Crippen MR) is 153 cm³/mol. The predicted octanol–water partition coefficient (Wildman–Crippen LogP) is 6.95. The number of unbranched alkanes of at least 4 members (excludes halogenated alkanes) is 2. The van der Waals surface area contributed by atoms with Gasteiger partial charge >= 0.3 is 0 Å². The Balaban J connectivity index is 1.91. The summed E-state index contributed by atoms with van der Waals surface area (Å²) >= 11 is 0. The second-order valence-corrected chi connectivity index (χ2v) is 10.7. The number of nitrogens with zero attached hydrogens (tertiary/aromatic N) is 2. The lowest BCUT2D eigenvalue weighted by Gasteiger charge is -2.25. The van der Waals surface area contributed by atoms with Gasteiger partial charge in [-0.25, -0.2) is 4.98 Å². The molecule has 0 radical (unpaired) electrons. The van der Waals surface area contributed by atoms with Crippen molar-refractivity contribution in [2.75, 3.05) is 26.6 Å². The zero-order valence-corrected chi connectivity index (χ0v) is 24.0. The zero-order chi connectivity index (χ0) is 27.7. The number of methoxy groups -OCH3 is 3. The van der Waals surface area contributed by atoms with Gasteiger partial charge in [-0.15, -0.1) is 0 Å². The SMILES string of the molecule is CCCCCC(CC(=O)Nc1cc(Cn2ccnc2)ccc1C(C)(C)C)c1ccc(OC)c(OC)c1OC. The first-order valence-electron chi connectivity index (χ1n) is 13.4. The molecule has 2 aromatic carbocycles. The number of hydrogen-bond acceptors (Lipinski definition) is 5. The first kappa shape index (κ1) is 29.1. The number of aromatic nitrogens is 2. The van der Waals surface area contributed by atoms with Crippen LogP contribution in [-0.4, -0.2) is 36.8 Å². The molecule has 1 atom stereocenters. The number of hydrogen-bond donors (Lipinski definition) is 1. The summed E-state index contributed by atoms with van der Waals surface area (Å²) in [7, 11) is 4.84. The molecule has 0 aliphatic heterocycles. The Hall–Kier alpha value is -3.48. The first-order valence-corrected chi connectivity index (χ1v) is 13.4. The van der Waals surface area contributed by atoms with Crippen molar-refractivity contribution in [2.24, 2.45) is 0 Å². The van der Waals surface area contributed by atoms with E-state index >= 15 is 0 Å². The molecule has 1 aromatic heterocycles. The van der Waals surface area contributed by atoms with Crippen molar-refractivity contribution in [3.8, 4) is 17.2 Å². The van der Waals surface area contributed by atoms with Crippen LogP contribution >= 0.6 is 0 Å². The maximum absolute atomic E-state index is 13.6. The van der Waals surface area contributed by atoms with Crippen molar-refractivity contribution >= 4 is 11.6 Å². The van der Waals surface area contributed by atoms with Crippen molar-refractivity contribution < 1.29 is 19.0 Å². The number of amides is 1. The number of nitrogens with one attached hydrogen (secondary N) is 1. The number of rotatable bonds is 13. The molecule has 0 spiro atoms. The van der Waals surface area contributed by atoms with Crippen LogP contribution in [0.1, 0.15) is 82.4 Å². The fourth-order valence-corrected chi connectivity index (χ4v) is 4.92. The maximum Gasteiger partial charge on any atom is 0.224 e. The molecule has 0 aliphatic carbocycles. The van der Waals surface area contributed by atoms with Gasteiger partial charge in [0.25, 0.3) is 0 Å². The fourth-order valence-electron chi connectivity index (χ4n) is 4.92. The van der Waals surface area contributed by atoms with Gasteiger partial charge in [0, 0.05) is 36.6 Å². The zero-order valence-electron chi connectivity index (χ0n) is 24.0. The summed E-state index contributed by atoms with van der Waals surface area (Å²) in [5, 5.41) is 3.26. The molecule has 206 valence electrons. The van der Waals surface area contributed by atoms with Crippen molar-refractivity contribution in [3.05, 3.63) is 65.7 Å². The molecule has 1 amide bonds. The Morgan fingerprint density at radius 2 is 1.79 bits per heavy atom. The number of anilines is 1. The van der Waals surface area contributed by atoms with E-state index in [0.717, 1.165) is 48.1 Å². The quantitative estimate of drug-likeness (QED) is 0.246. The van der Waals surface area contributed by atoms with E-state index in [1.165, 1.54) is 0 Å². The molecular formula is C31H43N3O4. The van der Waals surface area contributed by atoms with E-state index in [4.69, 9.17) is 14.2 Å². The molecule has 0 saturated heterocycles. The van der Waals surface area contributed by atoms with E-state index in [-0.39, 0.29) is 17.2 Å². The fraction of sp³-hybridized carbons (Fsp3) is 0.484. The highest BCUT2D eigenvalue weighted by atomic mass is 16.5. The Morgan fingerprint density at radius 3 is 2.39 bits per heavy atom. The van der Waals surface area contributed by atoms with Gasteiger partial charge in [-0.2, -0.15) is 0 Å². The summed E-state index contributed by atoms with van der Waals surface area (Å²) in [5.74, 6) is 1.74. The molecule has 3 aromatic rings. The molecule has 0 saturated carbocycles. The van der Waals surface area contributed by atoms with E-state index in [0.29, 0.717) is 30.2 Å². The van der Waals surface area contributed by atoms with Crippen LogP contribution in [0.5, 0.6) is 17.2 Å². The monoisotopic (exact) mass is 521 g/mol. The largest absolute Gasteiger partial charge is 0.493 e. The van der Waals surface area contributed by atoms with Crippen LogP contribution in [0, 0.1) is 0 Å². The van der Waals surface area contributed by atoms with Crippen molar-refractivity contribution in [3.63, 3.8) is 0 Å². The smallest absolute Gasteiger partial charge is 0.224 e. The van der Waals surface area contributed by atoms with Gasteiger partial charge in [0.05, 0.1) is 27.7 Å². The Kier molecular flexibility index (Phi) is 10.2. The summed E-state index contributed by atoms with van der Waals surface area (Å²) in [6.07, 6.45) is 9.97. The first-order chi connectivity index (χ1) is 18.2. The van der Waals surface area contributed by atoms with E-state index in [9.17, 15) is 4.79 Å². The summed E-state index contributed by atoms with van der Waals surface area (Å²) < 4.78 is 18.9. The van der Waals surface area contributed by atoms with Gasteiger partial charge in [-0.1, -0.05) is 65.2 Å². The van der Waals surface area contributed by atoms with E-state index in [1.807, 2.05) is 22.9 Å². The number of carbonyl (C=O) groups is 1. The molecule has 0 aliphatic rings. The summed E-state index contributed by atoms with van der Waals surface area (Å²) in [6.45, 7) is 9.36. The summed E-state index contributed by atoms with van der Waals surface area (Å²) in [5.41, 5.74) is 3.90. The van der Waals surface area contributed by atoms with Crippen molar-refractivity contribution in [2.45, 2.75) is 77.7 Å². The minimum atomic E-state index is -0.122. The van der Waals surface area contributed by atoms with Crippen LogP contribution in [0.2, 0.25) is 0 Å². The highest BCUT2D eigenvalue weighted by Gasteiger charge is 2.26. The molecule has 0 fully saturated rings.